The van der Waals surface area contributed by atoms with Gasteiger partial charge in [0.05, 0.1) is 33.6 Å². The summed E-state index contributed by atoms with van der Waals surface area (Å²) < 4.78 is 48.7. The number of nitrogens with one attached hydrogen (secondary N) is 3. The third kappa shape index (κ3) is 9.32. The Morgan fingerprint density at radius 3 is 2.52 bits per heavy atom. The van der Waals surface area contributed by atoms with Gasteiger partial charge in [-0.15, -0.1) is 0 Å². The standard InChI is InChI=1S/C52H63N7O9S/c1-5-66-50-46(25-34-16-21-53-48(34)55-50)68-44-26-35(57-23-19-52(20-24-57)29-36(30-52)58-22-8-11-42(58)39-10-7-6-9-38(39)32(2)3)12-13-40(44)49(60)56-69(64,65)37-27-43(59(62)63)47-45(28-37)67-31-41(54-47)33-14-17-51(4,61)18-15-33/h6-7,9-10,12-13,16,21,25-28,32-33,36,41-42,54,61H,5,8,11,14-15,17-20,22-24,29-31H2,1-4H3,(H,53,55)(H,56,60)/t33?,41-,42-,51?/m1/s1. The average molecular weight is 962 g/mol. The molecule has 4 N–H and O–H groups in total. The predicted molar refractivity (Wildman–Crippen MR) is 263 cm³/mol. The molecule has 2 aromatic heterocycles. The van der Waals surface area contributed by atoms with Gasteiger partial charge in [0, 0.05) is 60.6 Å². The zero-order chi connectivity index (χ0) is 48.2. The van der Waals surface area contributed by atoms with E-state index in [0.29, 0.717) is 49.3 Å². The van der Waals surface area contributed by atoms with Gasteiger partial charge in [0.15, 0.2) is 17.2 Å². The Bertz CT molecular complexity index is 2860. The van der Waals surface area contributed by atoms with Gasteiger partial charge in [0.2, 0.25) is 0 Å². The van der Waals surface area contributed by atoms with Crippen LogP contribution in [0.1, 0.15) is 125 Å². The van der Waals surface area contributed by atoms with Crippen molar-refractivity contribution in [2.45, 2.75) is 126 Å². The lowest BCUT2D eigenvalue weighted by Gasteiger charge is -2.56. The van der Waals surface area contributed by atoms with Crippen LogP contribution in [0.5, 0.6) is 23.1 Å². The van der Waals surface area contributed by atoms with Gasteiger partial charge >= 0.3 is 0 Å². The van der Waals surface area contributed by atoms with E-state index in [2.05, 4.69) is 67.9 Å². The number of carbonyl (C=O) groups excluding carboxylic acids is 1. The number of aliphatic hydroxyl groups is 1. The molecule has 0 bridgehead atoms. The summed E-state index contributed by atoms with van der Waals surface area (Å²) in [5, 5.41) is 26.9. The number of anilines is 2. The monoisotopic (exact) mass is 961 g/mol. The number of pyridine rings is 1. The highest BCUT2D eigenvalue weighted by molar-refractivity contribution is 7.90. The molecule has 5 aromatic rings. The number of rotatable bonds is 13. The molecule has 3 aromatic carbocycles. The molecular weight excluding hydrogens is 899 g/mol. The van der Waals surface area contributed by atoms with Gasteiger partial charge in [-0.05, 0) is 137 Å². The van der Waals surface area contributed by atoms with Gasteiger partial charge in [-0.25, -0.2) is 13.1 Å². The average Bonchev–Trinajstić information content (AvgIpc) is 4.00. The number of ether oxygens (including phenoxy) is 3. The SMILES string of the molecule is CCOc1nc2[nH]ccc2cc1Oc1cc(N2CCC3(CC2)CC(N2CCC[C@@H]2c2ccccc2C(C)C)C3)ccc1C(=O)NS(=O)(=O)c1cc2c(c([N+](=O)[O-])c1)N[C@@H](C1CCC(C)(O)CC1)CO2. The first-order valence-corrected chi connectivity index (χ1v) is 26.1. The molecule has 1 amide bonds. The van der Waals surface area contributed by atoms with Crippen molar-refractivity contribution in [1.29, 1.82) is 0 Å². The number of carbonyl (C=O) groups is 1. The van der Waals surface area contributed by atoms with Crippen LogP contribution in [0.15, 0.2) is 77.8 Å². The van der Waals surface area contributed by atoms with Crippen molar-refractivity contribution in [3.05, 3.63) is 99.7 Å². The van der Waals surface area contributed by atoms with Crippen molar-refractivity contribution in [1.82, 2.24) is 19.6 Å². The van der Waals surface area contributed by atoms with E-state index in [9.17, 15) is 28.4 Å². The van der Waals surface area contributed by atoms with Crippen LogP contribution in [0.25, 0.3) is 11.0 Å². The number of aromatic amines is 1. The van der Waals surface area contributed by atoms with Crippen molar-refractivity contribution in [3.8, 4) is 23.1 Å². The van der Waals surface area contributed by atoms with Crippen LogP contribution in [0.2, 0.25) is 0 Å². The molecule has 3 aliphatic heterocycles. The fourth-order valence-corrected chi connectivity index (χ4v) is 12.8. The second-order valence-electron chi connectivity index (χ2n) is 20.6. The molecule has 1 spiro atoms. The number of sulfonamides is 1. The molecule has 2 aliphatic carbocycles. The van der Waals surface area contributed by atoms with E-state index in [0.717, 1.165) is 49.6 Å². The van der Waals surface area contributed by atoms with Crippen molar-refractivity contribution < 1.29 is 37.5 Å². The summed E-state index contributed by atoms with van der Waals surface area (Å²) in [6, 6.07) is 20.6. The third-order valence-corrected chi connectivity index (χ3v) is 17.0. The smallest absolute Gasteiger partial charge is 0.297 e. The summed E-state index contributed by atoms with van der Waals surface area (Å²) in [6.45, 7) is 11.4. The molecule has 69 heavy (non-hydrogen) atoms. The van der Waals surface area contributed by atoms with Gasteiger partial charge in [-0.3, -0.25) is 19.8 Å². The van der Waals surface area contributed by atoms with Gasteiger partial charge < -0.3 is 34.5 Å². The number of likely N-dealkylation sites (tertiary alicyclic amines) is 1. The molecule has 2 saturated carbocycles. The highest BCUT2D eigenvalue weighted by Crippen LogP contribution is 2.54. The number of H-pyrrole nitrogens is 1. The molecule has 2 atom stereocenters. The highest BCUT2D eigenvalue weighted by atomic mass is 32.2. The summed E-state index contributed by atoms with van der Waals surface area (Å²) in [5.41, 5.74) is 3.37. The topological polar surface area (TPSA) is 201 Å². The van der Waals surface area contributed by atoms with Gasteiger partial charge in [0.25, 0.3) is 27.5 Å². The maximum absolute atomic E-state index is 14.3. The number of piperidine rings is 1. The second-order valence-corrected chi connectivity index (χ2v) is 22.2. The fraction of sp³-hybridized carbons (Fsp3) is 0.500. The molecule has 5 aliphatic rings. The third-order valence-electron chi connectivity index (χ3n) is 15.7. The summed E-state index contributed by atoms with van der Waals surface area (Å²) in [6.07, 6.45) is 11.2. The Hall–Kier alpha value is -5.91. The van der Waals surface area contributed by atoms with Crippen LogP contribution in [0.3, 0.4) is 0 Å². The summed E-state index contributed by atoms with van der Waals surface area (Å²) >= 11 is 0. The van der Waals surface area contributed by atoms with Gasteiger partial charge in [-0.1, -0.05) is 38.1 Å². The first-order chi connectivity index (χ1) is 33.1. The van der Waals surface area contributed by atoms with E-state index in [1.165, 1.54) is 42.9 Å². The Morgan fingerprint density at radius 1 is 1.01 bits per heavy atom. The second kappa shape index (κ2) is 18.4. The fourth-order valence-electron chi connectivity index (χ4n) is 11.8. The molecule has 16 nitrogen and oxygen atoms in total. The molecular formula is C52H63N7O9S. The number of hydrogen-bond donors (Lipinski definition) is 4. The summed E-state index contributed by atoms with van der Waals surface area (Å²) in [7, 11) is -4.70. The van der Waals surface area contributed by atoms with E-state index in [4.69, 9.17) is 14.2 Å². The normalized spacial score (nSPS) is 23.8. The van der Waals surface area contributed by atoms with E-state index < -0.39 is 37.0 Å². The van der Waals surface area contributed by atoms with Crippen molar-refractivity contribution >= 4 is 44.0 Å². The number of amides is 1. The van der Waals surface area contributed by atoms with Crippen molar-refractivity contribution in [2.75, 3.05) is 43.1 Å². The van der Waals surface area contributed by atoms with Crippen LogP contribution >= 0.6 is 0 Å². The lowest BCUT2D eigenvalue weighted by atomic mass is 9.59. The Balaban J connectivity index is 0.881. The molecule has 17 heteroatoms. The molecule has 0 unspecified atom stereocenters. The number of aromatic nitrogens is 2. The van der Waals surface area contributed by atoms with E-state index >= 15 is 0 Å². The minimum absolute atomic E-state index is 0.00561. The molecule has 4 fully saturated rings. The highest BCUT2D eigenvalue weighted by Gasteiger charge is 2.50. The quantitative estimate of drug-likeness (QED) is 0.0643. The largest absolute Gasteiger partial charge is 0.489 e. The van der Waals surface area contributed by atoms with Crippen LogP contribution in [-0.4, -0.2) is 89.8 Å². The molecule has 5 heterocycles. The van der Waals surface area contributed by atoms with E-state index in [-0.39, 0.29) is 65.0 Å². The number of hydrogen-bond acceptors (Lipinski definition) is 13. The van der Waals surface area contributed by atoms with Crippen LogP contribution < -0.4 is 29.1 Å². The maximum atomic E-state index is 14.3. The van der Waals surface area contributed by atoms with Gasteiger partial charge in [-0.2, -0.15) is 4.98 Å². The first-order valence-electron chi connectivity index (χ1n) is 24.6. The lowest BCUT2D eigenvalue weighted by Crippen LogP contribution is -2.54. The predicted octanol–water partition coefficient (Wildman–Crippen LogP) is 9.60. The summed E-state index contributed by atoms with van der Waals surface area (Å²) in [5.74, 6) is 0.0962. The van der Waals surface area contributed by atoms with Crippen LogP contribution in [-0.2, 0) is 10.0 Å². The minimum atomic E-state index is -4.70. The summed E-state index contributed by atoms with van der Waals surface area (Å²) in [4.78, 5) is 38.3. The molecule has 2 saturated heterocycles. The first kappa shape index (κ1) is 46.8. The Labute approximate surface area is 403 Å². The van der Waals surface area contributed by atoms with Crippen molar-refractivity contribution in [2.24, 2.45) is 11.3 Å². The van der Waals surface area contributed by atoms with E-state index in [1.807, 2.05) is 13.0 Å². The number of nitro benzene ring substituents is 1. The zero-order valence-corrected chi connectivity index (χ0v) is 40.6. The van der Waals surface area contributed by atoms with Crippen LogP contribution in [0.4, 0.5) is 17.1 Å². The van der Waals surface area contributed by atoms with Crippen LogP contribution in [0, 0.1) is 21.4 Å². The lowest BCUT2D eigenvalue weighted by molar-refractivity contribution is -0.384. The Morgan fingerprint density at radius 2 is 1.78 bits per heavy atom. The number of fused-ring (bicyclic) bond motifs is 2. The number of benzene rings is 3. The minimum Gasteiger partial charge on any atom is -0.489 e. The van der Waals surface area contributed by atoms with Crippen molar-refractivity contribution in [3.63, 3.8) is 0 Å². The molecule has 10 rings (SSSR count). The number of nitrogens with zero attached hydrogens (tertiary/aromatic N) is 4. The molecule has 0 radical (unpaired) electrons. The number of nitro groups is 1. The Kier molecular flexibility index (Phi) is 12.5. The van der Waals surface area contributed by atoms with E-state index in [1.54, 1.807) is 37.4 Å². The molecule has 366 valence electrons. The van der Waals surface area contributed by atoms with Gasteiger partial charge in [0.1, 0.15) is 18.0 Å². The maximum Gasteiger partial charge on any atom is 0.297 e. The zero-order valence-electron chi connectivity index (χ0n) is 39.8.